The number of hydrogen-bond acceptors (Lipinski definition) is 3. The Morgan fingerprint density at radius 3 is 2.95 bits per heavy atom. The van der Waals surface area contributed by atoms with Crippen LogP contribution in [-0.4, -0.2) is 15.9 Å². The van der Waals surface area contributed by atoms with Crippen molar-refractivity contribution in [1.82, 2.24) is 9.66 Å². The largest absolute Gasteiger partial charge is 0.282 e. The second-order valence-electron chi connectivity index (χ2n) is 4.80. The summed E-state index contributed by atoms with van der Waals surface area (Å²) >= 11 is 0. The Balaban J connectivity index is 2.37. The Morgan fingerprint density at radius 2 is 2.20 bits per heavy atom. The molecule has 1 aromatic heterocycles. The van der Waals surface area contributed by atoms with Crippen LogP contribution < -0.4 is 5.56 Å². The van der Waals surface area contributed by atoms with E-state index in [-0.39, 0.29) is 5.56 Å². The van der Waals surface area contributed by atoms with Gasteiger partial charge in [-0.05, 0) is 37.5 Å². The highest BCUT2D eigenvalue weighted by atomic mass is 16.1. The second-order valence-corrected chi connectivity index (χ2v) is 4.80. The van der Waals surface area contributed by atoms with Gasteiger partial charge in [-0.1, -0.05) is 32.1 Å². The molecule has 1 heterocycles. The van der Waals surface area contributed by atoms with Crippen molar-refractivity contribution in [2.45, 2.75) is 33.1 Å². The summed E-state index contributed by atoms with van der Waals surface area (Å²) in [7, 11) is 0. The fourth-order valence-corrected chi connectivity index (χ4v) is 1.98. The molecule has 2 aromatic rings. The zero-order valence-corrected chi connectivity index (χ0v) is 12.0. The quantitative estimate of drug-likeness (QED) is 0.782. The fraction of sp³-hybridized carbons (Fsp3) is 0.312. The lowest BCUT2D eigenvalue weighted by atomic mass is 10.1. The Kier molecular flexibility index (Phi) is 4.45. The van der Waals surface area contributed by atoms with Gasteiger partial charge in [-0.15, -0.1) is 0 Å². The molecule has 0 N–H and O–H groups in total. The summed E-state index contributed by atoms with van der Waals surface area (Å²) < 4.78 is 1.33. The second kappa shape index (κ2) is 6.28. The molecule has 0 atom stereocenters. The normalized spacial score (nSPS) is 11.3. The van der Waals surface area contributed by atoms with Gasteiger partial charge in [0.25, 0.3) is 5.56 Å². The number of hydrogen-bond donors (Lipinski definition) is 0. The van der Waals surface area contributed by atoms with E-state index in [0.29, 0.717) is 16.7 Å². The number of allylic oxidation sites excluding steroid dienone is 1. The number of rotatable bonds is 5. The van der Waals surface area contributed by atoms with Crippen molar-refractivity contribution >= 4 is 17.1 Å². The van der Waals surface area contributed by atoms with Gasteiger partial charge in [0.05, 0.1) is 17.1 Å². The molecular formula is C16H19N3O. The van der Waals surface area contributed by atoms with Crippen molar-refractivity contribution < 1.29 is 0 Å². The first kappa shape index (κ1) is 14.2. The number of fused-ring (bicyclic) bond motifs is 1. The number of benzene rings is 1. The van der Waals surface area contributed by atoms with Crippen molar-refractivity contribution in [2.75, 3.05) is 0 Å². The molecule has 0 aliphatic carbocycles. The van der Waals surface area contributed by atoms with E-state index >= 15 is 0 Å². The number of para-hydroxylation sites is 1. The van der Waals surface area contributed by atoms with Gasteiger partial charge in [0.2, 0.25) is 0 Å². The van der Waals surface area contributed by atoms with Gasteiger partial charge >= 0.3 is 0 Å². The van der Waals surface area contributed by atoms with Crippen LogP contribution in [0.2, 0.25) is 0 Å². The van der Waals surface area contributed by atoms with Crippen LogP contribution in [0.1, 0.15) is 32.0 Å². The summed E-state index contributed by atoms with van der Waals surface area (Å²) in [5.74, 6) is 0.577. The van der Waals surface area contributed by atoms with Gasteiger partial charge in [0.15, 0.2) is 0 Å². The smallest absolute Gasteiger partial charge is 0.267 e. The molecule has 0 unspecified atom stereocenters. The van der Waals surface area contributed by atoms with Crippen LogP contribution >= 0.6 is 0 Å². The minimum atomic E-state index is -0.146. The third-order valence-corrected chi connectivity index (χ3v) is 3.12. The summed E-state index contributed by atoms with van der Waals surface area (Å²) in [5, 5.41) is 4.80. The van der Waals surface area contributed by atoms with E-state index in [1.807, 2.05) is 18.2 Å². The predicted molar refractivity (Wildman–Crippen MR) is 83.3 cm³/mol. The molecule has 2 rings (SSSR count). The minimum absolute atomic E-state index is 0.146. The van der Waals surface area contributed by atoms with Crippen LogP contribution in [0, 0.1) is 6.92 Å². The van der Waals surface area contributed by atoms with E-state index in [1.54, 1.807) is 19.2 Å². The summed E-state index contributed by atoms with van der Waals surface area (Å²) in [6.45, 7) is 7.85. The van der Waals surface area contributed by atoms with Crippen molar-refractivity contribution in [3.05, 3.63) is 52.6 Å². The summed E-state index contributed by atoms with van der Waals surface area (Å²) in [4.78, 5) is 16.8. The van der Waals surface area contributed by atoms with E-state index in [2.05, 4.69) is 23.6 Å². The first-order valence-electron chi connectivity index (χ1n) is 6.84. The zero-order chi connectivity index (χ0) is 14.5. The summed E-state index contributed by atoms with van der Waals surface area (Å²) in [6, 6.07) is 7.30. The molecule has 0 aliphatic rings. The molecule has 0 fully saturated rings. The Morgan fingerprint density at radius 1 is 1.45 bits per heavy atom. The lowest BCUT2D eigenvalue weighted by molar-refractivity contribution is 0.765. The number of unbranched alkanes of at least 4 members (excludes halogenated alkanes) is 1. The molecule has 4 heteroatoms. The van der Waals surface area contributed by atoms with Crippen LogP contribution in [0.5, 0.6) is 0 Å². The van der Waals surface area contributed by atoms with E-state index in [0.717, 1.165) is 24.8 Å². The first-order chi connectivity index (χ1) is 9.63. The topological polar surface area (TPSA) is 47.2 Å². The van der Waals surface area contributed by atoms with Gasteiger partial charge in [0.1, 0.15) is 5.82 Å². The van der Waals surface area contributed by atoms with Crippen LogP contribution in [-0.2, 0) is 0 Å². The predicted octanol–water partition coefficient (Wildman–Crippen LogP) is 3.29. The van der Waals surface area contributed by atoms with Crippen LogP contribution in [0.3, 0.4) is 0 Å². The van der Waals surface area contributed by atoms with E-state index < -0.39 is 0 Å². The first-order valence-corrected chi connectivity index (χ1v) is 6.84. The fourth-order valence-electron chi connectivity index (χ4n) is 1.98. The molecule has 0 aliphatic heterocycles. The molecule has 0 amide bonds. The number of nitrogens with zero attached hydrogens (tertiary/aromatic N) is 3. The van der Waals surface area contributed by atoms with Crippen LogP contribution in [0.4, 0.5) is 0 Å². The van der Waals surface area contributed by atoms with Gasteiger partial charge in [-0.2, -0.15) is 9.78 Å². The standard InChI is InChI=1S/C16H19N3O/c1-4-5-8-12(2)11-17-19-13(3)18-15-10-7-6-9-14(15)16(19)20/h6-7,9-11H,2,4-5,8H2,1,3H3. The van der Waals surface area contributed by atoms with E-state index in [9.17, 15) is 4.79 Å². The molecule has 1 aromatic carbocycles. The number of aromatic nitrogens is 2. The maximum absolute atomic E-state index is 12.4. The molecule has 0 saturated carbocycles. The highest BCUT2D eigenvalue weighted by Crippen LogP contribution is 2.07. The molecule has 0 bridgehead atoms. The highest BCUT2D eigenvalue weighted by Gasteiger charge is 2.06. The maximum Gasteiger partial charge on any atom is 0.282 e. The molecule has 104 valence electrons. The van der Waals surface area contributed by atoms with E-state index in [1.165, 1.54) is 4.68 Å². The Bertz CT molecular complexity index is 713. The van der Waals surface area contributed by atoms with Gasteiger partial charge in [0, 0.05) is 0 Å². The van der Waals surface area contributed by atoms with Gasteiger partial charge in [-0.3, -0.25) is 4.79 Å². The molecular weight excluding hydrogens is 250 g/mol. The van der Waals surface area contributed by atoms with Gasteiger partial charge in [-0.25, -0.2) is 4.98 Å². The highest BCUT2D eigenvalue weighted by molar-refractivity contribution is 5.79. The third kappa shape index (κ3) is 3.02. The van der Waals surface area contributed by atoms with Crippen LogP contribution in [0.25, 0.3) is 10.9 Å². The van der Waals surface area contributed by atoms with E-state index in [4.69, 9.17) is 0 Å². The molecule has 4 nitrogen and oxygen atoms in total. The Hall–Kier alpha value is -2.23. The van der Waals surface area contributed by atoms with Crippen LogP contribution in [0.15, 0.2) is 46.3 Å². The SMILES string of the molecule is C=C(C=Nn1c(C)nc2ccccc2c1=O)CCCC. The van der Waals surface area contributed by atoms with Crippen molar-refractivity contribution in [1.29, 1.82) is 0 Å². The average molecular weight is 269 g/mol. The summed E-state index contributed by atoms with van der Waals surface area (Å²) in [6.07, 6.45) is 4.74. The van der Waals surface area contributed by atoms with Crippen molar-refractivity contribution in [3.63, 3.8) is 0 Å². The third-order valence-electron chi connectivity index (χ3n) is 3.12. The average Bonchev–Trinajstić information content (AvgIpc) is 2.45. The molecule has 0 saturated heterocycles. The molecule has 20 heavy (non-hydrogen) atoms. The van der Waals surface area contributed by atoms with Crippen molar-refractivity contribution in [2.24, 2.45) is 5.10 Å². The minimum Gasteiger partial charge on any atom is -0.267 e. The van der Waals surface area contributed by atoms with Crippen molar-refractivity contribution in [3.8, 4) is 0 Å². The Labute approximate surface area is 118 Å². The monoisotopic (exact) mass is 269 g/mol. The summed E-state index contributed by atoms with van der Waals surface area (Å²) in [5.41, 5.74) is 1.48. The number of aryl methyl sites for hydroxylation is 1. The molecule has 0 spiro atoms. The zero-order valence-electron chi connectivity index (χ0n) is 12.0. The lowest BCUT2D eigenvalue weighted by Gasteiger charge is -2.05. The lowest BCUT2D eigenvalue weighted by Crippen LogP contribution is -2.20. The van der Waals surface area contributed by atoms with Gasteiger partial charge < -0.3 is 0 Å². The molecule has 0 radical (unpaired) electrons. The maximum atomic E-state index is 12.4.